The van der Waals surface area contributed by atoms with Crippen molar-refractivity contribution in [2.24, 2.45) is 5.73 Å². The Hall–Kier alpha value is -1.46. The largest absolute Gasteiger partial charge is 0.489 e. The topological polar surface area (TPSA) is 81.8 Å². The first-order chi connectivity index (χ1) is 8.58. The van der Waals surface area contributed by atoms with Gasteiger partial charge in [0.1, 0.15) is 0 Å². The molecule has 1 aliphatic rings. The van der Waals surface area contributed by atoms with Gasteiger partial charge in [-0.2, -0.15) is 0 Å². The number of carboxylic acids is 1. The van der Waals surface area contributed by atoms with E-state index in [9.17, 15) is 4.79 Å². The number of fused-ring (bicyclic) bond motifs is 1. The Kier molecular flexibility index (Phi) is 3.93. The third kappa shape index (κ3) is 2.86. The van der Waals surface area contributed by atoms with Gasteiger partial charge in [-0.25, -0.2) is 0 Å². The monoisotopic (exact) mass is 271 g/mol. The lowest BCUT2D eigenvalue weighted by Crippen LogP contribution is -2.15. The van der Waals surface area contributed by atoms with Crippen LogP contribution in [0, 0.1) is 0 Å². The van der Waals surface area contributed by atoms with Crippen molar-refractivity contribution in [1.82, 2.24) is 0 Å². The van der Waals surface area contributed by atoms with Crippen molar-refractivity contribution in [2.75, 3.05) is 13.2 Å². The molecule has 0 amide bonds. The molecule has 0 radical (unpaired) electrons. The van der Waals surface area contributed by atoms with Crippen molar-refractivity contribution < 1.29 is 19.4 Å². The zero-order valence-electron chi connectivity index (χ0n) is 9.69. The van der Waals surface area contributed by atoms with E-state index in [1.54, 1.807) is 12.1 Å². The van der Waals surface area contributed by atoms with Crippen LogP contribution in [0.1, 0.15) is 24.4 Å². The van der Waals surface area contributed by atoms with Gasteiger partial charge in [0.15, 0.2) is 11.5 Å². The van der Waals surface area contributed by atoms with Gasteiger partial charge >= 0.3 is 5.97 Å². The summed E-state index contributed by atoms with van der Waals surface area (Å²) >= 11 is 6.09. The number of hydrogen-bond acceptors (Lipinski definition) is 4. The molecule has 2 rings (SSSR count). The van der Waals surface area contributed by atoms with Gasteiger partial charge in [0, 0.05) is 12.5 Å². The molecule has 0 unspecified atom stereocenters. The van der Waals surface area contributed by atoms with E-state index in [1.165, 1.54) is 0 Å². The normalized spacial score (nSPS) is 15.9. The minimum atomic E-state index is -0.953. The Labute approximate surface area is 109 Å². The third-order valence-corrected chi connectivity index (χ3v) is 2.93. The lowest BCUT2D eigenvalue weighted by Gasteiger charge is -2.14. The molecular formula is C12H14ClNO4. The van der Waals surface area contributed by atoms with Crippen LogP contribution in [-0.2, 0) is 4.79 Å². The summed E-state index contributed by atoms with van der Waals surface area (Å²) in [6, 6.07) is 2.71. The summed E-state index contributed by atoms with van der Waals surface area (Å²) in [6.07, 6.45) is 0.623. The Morgan fingerprint density at radius 1 is 1.44 bits per heavy atom. The molecule has 0 fully saturated rings. The molecule has 1 aromatic rings. The number of ether oxygens (including phenoxy) is 2. The molecule has 3 N–H and O–H groups in total. The highest BCUT2D eigenvalue weighted by Crippen LogP contribution is 2.39. The molecule has 0 bridgehead atoms. The maximum atomic E-state index is 10.6. The summed E-state index contributed by atoms with van der Waals surface area (Å²) < 4.78 is 11.0. The summed E-state index contributed by atoms with van der Waals surface area (Å²) in [5.41, 5.74) is 6.43. The van der Waals surface area contributed by atoms with Gasteiger partial charge in [-0.15, -0.1) is 0 Å². The minimum Gasteiger partial charge on any atom is -0.489 e. The van der Waals surface area contributed by atoms with Crippen molar-refractivity contribution in [1.29, 1.82) is 0 Å². The fourth-order valence-corrected chi connectivity index (χ4v) is 2.04. The van der Waals surface area contributed by atoms with Gasteiger partial charge in [-0.1, -0.05) is 11.6 Å². The molecule has 1 aromatic carbocycles. The highest BCUT2D eigenvalue weighted by atomic mass is 35.5. The summed E-state index contributed by atoms with van der Waals surface area (Å²) in [7, 11) is 0. The number of hydrogen-bond donors (Lipinski definition) is 2. The molecule has 1 atom stereocenters. The minimum absolute atomic E-state index is 0.157. The van der Waals surface area contributed by atoms with Crippen LogP contribution >= 0.6 is 11.6 Å². The lowest BCUT2D eigenvalue weighted by atomic mass is 10.0. The average Bonchev–Trinajstić information content (AvgIpc) is 2.53. The molecule has 98 valence electrons. The number of halogens is 1. The van der Waals surface area contributed by atoms with Crippen LogP contribution in [0.3, 0.4) is 0 Å². The first kappa shape index (κ1) is 13.0. The van der Waals surface area contributed by atoms with Crippen molar-refractivity contribution in [2.45, 2.75) is 18.9 Å². The summed E-state index contributed by atoms with van der Waals surface area (Å²) in [4.78, 5) is 10.6. The van der Waals surface area contributed by atoms with Crippen LogP contribution in [0.4, 0.5) is 0 Å². The highest BCUT2D eigenvalue weighted by Gasteiger charge is 2.19. The number of carbonyl (C=O) groups is 1. The zero-order chi connectivity index (χ0) is 13.1. The maximum absolute atomic E-state index is 10.6. The van der Waals surface area contributed by atoms with Crippen LogP contribution in [0.2, 0.25) is 5.02 Å². The maximum Gasteiger partial charge on any atom is 0.305 e. The van der Waals surface area contributed by atoms with Crippen LogP contribution in [0.15, 0.2) is 12.1 Å². The Morgan fingerprint density at radius 3 is 2.89 bits per heavy atom. The third-order valence-electron chi connectivity index (χ3n) is 2.65. The second-order valence-electron chi connectivity index (χ2n) is 4.08. The molecule has 0 saturated heterocycles. The number of nitrogens with two attached hydrogens (primary N) is 1. The Balaban J connectivity index is 2.31. The van der Waals surface area contributed by atoms with Gasteiger partial charge in [0.25, 0.3) is 0 Å². The predicted octanol–water partition coefficient (Wildman–Crippen LogP) is 1.98. The highest BCUT2D eigenvalue weighted by molar-refractivity contribution is 6.32. The summed E-state index contributed by atoms with van der Waals surface area (Å²) in [6.45, 7) is 1.09. The zero-order valence-corrected chi connectivity index (χ0v) is 10.4. The number of rotatable bonds is 3. The number of carboxylic acid groups (broad SMARTS) is 1. The quantitative estimate of drug-likeness (QED) is 0.878. The van der Waals surface area contributed by atoms with Crippen LogP contribution in [0.25, 0.3) is 0 Å². The first-order valence-electron chi connectivity index (χ1n) is 5.64. The van der Waals surface area contributed by atoms with E-state index in [2.05, 4.69) is 0 Å². The fourth-order valence-electron chi connectivity index (χ4n) is 1.77. The Morgan fingerprint density at radius 2 is 2.17 bits per heavy atom. The van der Waals surface area contributed by atoms with Crippen molar-refractivity contribution in [3.05, 3.63) is 22.7 Å². The standard InChI is InChI=1S/C12H14ClNO4/c13-8-4-7(9(14)6-11(15)16)5-10-12(8)18-3-1-2-17-10/h4-5,9H,1-3,6,14H2,(H,15,16)/t9-/m0/s1. The Bertz CT molecular complexity index is 464. The molecule has 0 spiro atoms. The van der Waals surface area contributed by atoms with Gasteiger partial charge < -0.3 is 20.3 Å². The molecule has 1 heterocycles. The van der Waals surface area contributed by atoms with Gasteiger partial charge in [-0.05, 0) is 17.7 Å². The van der Waals surface area contributed by atoms with Crippen LogP contribution in [0.5, 0.6) is 11.5 Å². The molecule has 5 nitrogen and oxygen atoms in total. The van der Waals surface area contributed by atoms with E-state index in [0.29, 0.717) is 35.3 Å². The average molecular weight is 272 g/mol. The molecular weight excluding hydrogens is 258 g/mol. The van der Waals surface area contributed by atoms with Gasteiger partial charge in [0.2, 0.25) is 0 Å². The van der Waals surface area contributed by atoms with E-state index >= 15 is 0 Å². The smallest absolute Gasteiger partial charge is 0.305 e. The summed E-state index contributed by atoms with van der Waals surface area (Å²) in [5.74, 6) is 0.0713. The van der Waals surface area contributed by atoms with Gasteiger partial charge in [0.05, 0.1) is 24.7 Å². The van der Waals surface area contributed by atoms with E-state index in [4.69, 9.17) is 31.9 Å². The van der Waals surface area contributed by atoms with E-state index in [0.717, 1.165) is 6.42 Å². The number of aliphatic carboxylic acids is 1. The SMILES string of the molecule is N[C@@H](CC(=O)O)c1cc(Cl)c2c(c1)OCCCO2. The van der Waals surface area contributed by atoms with E-state index < -0.39 is 12.0 Å². The molecule has 0 aromatic heterocycles. The molecule has 0 saturated carbocycles. The van der Waals surface area contributed by atoms with Crippen LogP contribution in [-0.4, -0.2) is 24.3 Å². The van der Waals surface area contributed by atoms with Crippen LogP contribution < -0.4 is 15.2 Å². The molecule has 0 aliphatic carbocycles. The lowest BCUT2D eigenvalue weighted by molar-refractivity contribution is -0.137. The van der Waals surface area contributed by atoms with Crippen molar-refractivity contribution in [3.63, 3.8) is 0 Å². The molecule has 1 aliphatic heterocycles. The summed E-state index contributed by atoms with van der Waals surface area (Å²) in [5, 5.41) is 9.12. The van der Waals surface area contributed by atoms with Crippen molar-refractivity contribution in [3.8, 4) is 11.5 Å². The van der Waals surface area contributed by atoms with E-state index in [1.807, 2.05) is 0 Å². The van der Waals surface area contributed by atoms with Gasteiger partial charge in [-0.3, -0.25) is 4.79 Å². The fraction of sp³-hybridized carbons (Fsp3) is 0.417. The predicted molar refractivity (Wildman–Crippen MR) is 66.2 cm³/mol. The second kappa shape index (κ2) is 5.46. The van der Waals surface area contributed by atoms with Crippen molar-refractivity contribution >= 4 is 17.6 Å². The number of benzene rings is 1. The molecule has 18 heavy (non-hydrogen) atoms. The van der Waals surface area contributed by atoms with E-state index in [-0.39, 0.29) is 6.42 Å². The molecule has 6 heteroatoms. The first-order valence-corrected chi connectivity index (χ1v) is 6.02. The second-order valence-corrected chi connectivity index (χ2v) is 4.49.